The monoisotopic (exact) mass is 928 g/mol. The van der Waals surface area contributed by atoms with Crippen LogP contribution in [0.3, 0.4) is 0 Å². The van der Waals surface area contributed by atoms with E-state index in [0.29, 0.717) is 25.2 Å². The summed E-state index contributed by atoms with van der Waals surface area (Å²) in [6.07, 6.45) is 26.1. The fraction of sp³-hybridized carbons (Fsp3) is 0.694. The zero-order valence-electron chi connectivity index (χ0n) is 36.0. The summed E-state index contributed by atoms with van der Waals surface area (Å²) >= 11 is 5.43. The molecule has 4 aliphatic heterocycles. The second-order valence-electron chi connectivity index (χ2n) is 17.2. The maximum atomic E-state index is 13.1. The van der Waals surface area contributed by atoms with Crippen molar-refractivity contribution >= 4 is 33.2 Å². The average molecular weight is 930 g/mol. The Hall–Kier alpha value is -1.97. The lowest BCUT2D eigenvalue weighted by molar-refractivity contribution is -0.203. The standard InChI is InChI=1S/C49H69BrO10S/c50-44-29-27-39(61-44)26-24-37(57-46-21-9-13-31-53-46)25-28-41-40(42(59-47-22-10-14-32-54-47)34-43(41)60-48-23-11-15-33-55-48)19-7-2-1-6-18-38(35-56-45-20-8-12-30-52-45)58-49(51)36-16-4-3-5-17-36/h2-5,7,16-17,25,27-29,37-38,40-43,45-48H,1,6,8-15,18-24,26,30-35H2/b7-2-,28-25+/t37-,38?,40+,41+,42-,43+,45?,46?,47?,48?/m0/s1. The molecule has 4 saturated heterocycles. The average Bonchev–Trinajstić information content (AvgIpc) is 3.87. The number of unbranched alkanes of at least 4 members (excludes halogenated alkanes) is 1. The van der Waals surface area contributed by atoms with Crippen molar-refractivity contribution in [3.63, 3.8) is 0 Å². The second kappa shape index (κ2) is 26.1. The topological polar surface area (TPSA) is 100 Å². The van der Waals surface area contributed by atoms with Gasteiger partial charge in [0.05, 0.1) is 34.3 Å². The Balaban J connectivity index is 1.03. The van der Waals surface area contributed by atoms with E-state index < -0.39 is 0 Å². The number of rotatable bonds is 22. The van der Waals surface area contributed by atoms with E-state index in [4.69, 9.17) is 42.6 Å². The zero-order valence-corrected chi connectivity index (χ0v) is 38.4. The SMILES string of the molecule is O=C(OC(CCC/C=C\C[C@@H]1[C@@H](/C=C/[C@H](CCc2ccc(Br)s2)OC2CCCCO2)[C@H](OC2CCCCO2)C[C@@H]1OC1CCCCO1)COC1CCCCO1)c1ccccc1. The third-order valence-corrected chi connectivity index (χ3v) is 14.2. The molecular weight excluding hydrogens is 860 g/mol. The van der Waals surface area contributed by atoms with E-state index in [1.54, 1.807) is 23.5 Å². The number of benzene rings is 1. The molecule has 2 aromatic rings. The van der Waals surface area contributed by atoms with Gasteiger partial charge in [-0.15, -0.1) is 11.3 Å². The van der Waals surface area contributed by atoms with E-state index in [0.717, 1.165) is 139 Å². The molecule has 5 aliphatic rings. The molecule has 338 valence electrons. The highest BCUT2D eigenvalue weighted by atomic mass is 79.9. The van der Waals surface area contributed by atoms with Gasteiger partial charge in [0.2, 0.25) is 0 Å². The molecule has 61 heavy (non-hydrogen) atoms. The van der Waals surface area contributed by atoms with Gasteiger partial charge in [-0.05, 0) is 162 Å². The maximum Gasteiger partial charge on any atom is 0.338 e. The number of esters is 1. The van der Waals surface area contributed by atoms with Crippen molar-refractivity contribution in [3.8, 4) is 0 Å². The summed E-state index contributed by atoms with van der Waals surface area (Å²) in [6.45, 7) is 3.26. The Morgan fingerprint density at radius 3 is 2.05 bits per heavy atom. The summed E-state index contributed by atoms with van der Waals surface area (Å²) in [5.41, 5.74) is 0.546. The number of ether oxygens (including phenoxy) is 9. The van der Waals surface area contributed by atoms with Gasteiger partial charge in [0.15, 0.2) is 25.2 Å². The number of carbonyl (C=O) groups is 1. The Morgan fingerprint density at radius 1 is 0.754 bits per heavy atom. The first-order valence-electron chi connectivity index (χ1n) is 23.4. The predicted octanol–water partition coefficient (Wildman–Crippen LogP) is 11.3. The molecule has 5 heterocycles. The summed E-state index contributed by atoms with van der Waals surface area (Å²) in [4.78, 5) is 14.4. The van der Waals surface area contributed by atoms with E-state index >= 15 is 0 Å². The summed E-state index contributed by atoms with van der Waals surface area (Å²) < 4.78 is 57.9. The number of hydrogen-bond acceptors (Lipinski definition) is 11. The highest BCUT2D eigenvalue weighted by Crippen LogP contribution is 2.42. The molecule has 0 spiro atoms. The van der Waals surface area contributed by atoms with Crippen molar-refractivity contribution in [1.29, 1.82) is 0 Å². The van der Waals surface area contributed by atoms with E-state index in [-0.39, 0.29) is 67.4 Å². The smallest absolute Gasteiger partial charge is 0.338 e. The van der Waals surface area contributed by atoms with Crippen molar-refractivity contribution in [2.75, 3.05) is 33.0 Å². The van der Waals surface area contributed by atoms with Gasteiger partial charge in [0, 0.05) is 43.6 Å². The van der Waals surface area contributed by atoms with Crippen LogP contribution in [-0.4, -0.2) is 88.6 Å². The van der Waals surface area contributed by atoms with Crippen LogP contribution in [0.2, 0.25) is 0 Å². The molecular formula is C49H69BrO10S. The predicted molar refractivity (Wildman–Crippen MR) is 239 cm³/mol. The van der Waals surface area contributed by atoms with Crippen LogP contribution in [0.15, 0.2) is 70.6 Å². The van der Waals surface area contributed by atoms with Crippen LogP contribution in [-0.2, 0) is 49.1 Å². The zero-order chi connectivity index (χ0) is 41.9. The molecule has 1 aliphatic carbocycles. The molecule has 1 saturated carbocycles. The Morgan fingerprint density at radius 2 is 1.41 bits per heavy atom. The molecule has 0 radical (unpaired) electrons. The number of aryl methyl sites for hydroxylation is 1. The molecule has 1 aromatic carbocycles. The fourth-order valence-electron chi connectivity index (χ4n) is 9.10. The molecule has 1 aromatic heterocycles. The van der Waals surface area contributed by atoms with Crippen molar-refractivity contribution in [1.82, 2.24) is 0 Å². The van der Waals surface area contributed by atoms with E-state index in [1.165, 1.54) is 4.88 Å². The first-order valence-corrected chi connectivity index (χ1v) is 25.0. The normalized spacial score (nSPS) is 29.9. The van der Waals surface area contributed by atoms with Gasteiger partial charge in [-0.1, -0.05) is 42.5 Å². The van der Waals surface area contributed by atoms with Crippen LogP contribution in [0.5, 0.6) is 0 Å². The molecule has 10 atom stereocenters. The van der Waals surface area contributed by atoms with Gasteiger partial charge in [-0.25, -0.2) is 4.79 Å². The minimum atomic E-state index is -0.361. The molecule has 0 amide bonds. The van der Waals surface area contributed by atoms with Gasteiger partial charge < -0.3 is 42.6 Å². The Kier molecular flexibility index (Phi) is 20.1. The Labute approximate surface area is 376 Å². The quantitative estimate of drug-likeness (QED) is 0.0645. The van der Waals surface area contributed by atoms with Gasteiger partial charge in [-0.3, -0.25) is 0 Å². The fourth-order valence-corrected chi connectivity index (χ4v) is 10.6. The van der Waals surface area contributed by atoms with Gasteiger partial charge in [0.25, 0.3) is 0 Å². The summed E-state index contributed by atoms with van der Waals surface area (Å²) in [5, 5.41) is 0. The lowest BCUT2D eigenvalue weighted by Gasteiger charge is -2.30. The van der Waals surface area contributed by atoms with Crippen LogP contribution < -0.4 is 0 Å². The largest absolute Gasteiger partial charge is 0.456 e. The molecule has 10 nitrogen and oxygen atoms in total. The minimum absolute atomic E-state index is 0.0264. The first kappa shape index (κ1) is 47.0. The molecule has 7 rings (SSSR count). The van der Waals surface area contributed by atoms with Gasteiger partial charge in [-0.2, -0.15) is 0 Å². The van der Waals surface area contributed by atoms with E-state index in [1.807, 2.05) is 18.2 Å². The molecule has 5 unspecified atom stereocenters. The first-order chi connectivity index (χ1) is 30.1. The third-order valence-electron chi connectivity index (χ3n) is 12.5. The summed E-state index contributed by atoms with van der Waals surface area (Å²) in [6, 6.07) is 13.5. The number of thiophene rings is 1. The minimum Gasteiger partial charge on any atom is -0.456 e. The van der Waals surface area contributed by atoms with Crippen molar-refractivity contribution in [2.24, 2.45) is 11.8 Å². The van der Waals surface area contributed by atoms with Crippen molar-refractivity contribution in [3.05, 3.63) is 81.0 Å². The van der Waals surface area contributed by atoms with Crippen LogP contribution >= 0.6 is 27.3 Å². The Bertz CT molecular complexity index is 1580. The summed E-state index contributed by atoms with van der Waals surface area (Å²) in [5.74, 6) is -0.0506. The number of carbonyl (C=O) groups excluding carboxylic acids is 1. The number of halogens is 1. The lowest BCUT2D eigenvalue weighted by Crippen LogP contribution is -2.31. The van der Waals surface area contributed by atoms with Crippen LogP contribution in [0.25, 0.3) is 0 Å². The van der Waals surface area contributed by atoms with Crippen LogP contribution in [0.1, 0.15) is 131 Å². The van der Waals surface area contributed by atoms with Crippen LogP contribution in [0, 0.1) is 11.8 Å². The molecule has 0 bridgehead atoms. The van der Waals surface area contributed by atoms with Crippen molar-refractivity contribution < 1.29 is 47.4 Å². The molecule has 12 heteroatoms. The second-order valence-corrected chi connectivity index (χ2v) is 19.7. The van der Waals surface area contributed by atoms with Gasteiger partial charge >= 0.3 is 5.97 Å². The van der Waals surface area contributed by atoms with E-state index in [9.17, 15) is 4.79 Å². The highest BCUT2D eigenvalue weighted by Gasteiger charge is 2.45. The highest BCUT2D eigenvalue weighted by molar-refractivity contribution is 9.11. The van der Waals surface area contributed by atoms with Crippen molar-refractivity contribution in [2.45, 2.75) is 172 Å². The van der Waals surface area contributed by atoms with Gasteiger partial charge in [0.1, 0.15) is 6.10 Å². The lowest BCUT2D eigenvalue weighted by atomic mass is 9.89. The third kappa shape index (κ3) is 15.9. The molecule has 0 N–H and O–H groups in total. The van der Waals surface area contributed by atoms with Crippen LogP contribution in [0.4, 0.5) is 0 Å². The summed E-state index contributed by atoms with van der Waals surface area (Å²) in [7, 11) is 0. The van der Waals surface area contributed by atoms with E-state index in [2.05, 4.69) is 52.4 Å². The molecule has 5 fully saturated rings. The number of allylic oxidation sites excluding steroid dienone is 2. The number of hydrogen-bond donors (Lipinski definition) is 0. The maximum absolute atomic E-state index is 13.1.